The summed E-state index contributed by atoms with van der Waals surface area (Å²) in [4.78, 5) is 12.5. The first-order valence-corrected chi connectivity index (χ1v) is 6.51. The van der Waals surface area contributed by atoms with Gasteiger partial charge in [0.15, 0.2) is 0 Å². The second-order valence-corrected chi connectivity index (χ2v) is 4.34. The molecule has 4 nitrogen and oxygen atoms in total. The molecule has 0 unspecified atom stereocenters. The highest BCUT2D eigenvalue weighted by Gasteiger charge is 2.11. The number of hydrogen-bond acceptors (Lipinski definition) is 3. The largest absolute Gasteiger partial charge is 0.476 e. The number of nitrogens with zero attached hydrogens (tertiary/aromatic N) is 2. The molecule has 0 saturated carbocycles. The fraction of sp³-hybridized carbons (Fsp3) is 0.125. The van der Waals surface area contributed by atoms with E-state index in [2.05, 4.69) is 5.10 Å². The lowest BCUT2D eigenvalue weighted by atomic mass is 10.2. The van der Waals surface area contributed by atoms with Crippen LogP contribution in [0.1, 0.15) is 6.92 Å². The van der Waals surface area contributed by atoms with Crippen LogP contribution in [0.5, 0.6) is 5.88 Å². The fourth-order valence-electron chi connectivity index (χ4n) is 2.15. The zero-order valence-corrected chi connectivity index (χ0v) is 11.1. The molecule has 1 aromatic heterocycles. The van der Waals surface area contributed by atoms with Gasteiger partial charge in [-0.15, -0.1) is 5.10 Å². The van der Waals surface area contributed by atoms with Gasteiger partial charge < -0.3 is 4.74 Å². The SMILES string of the molecule is CCOc1nn(-c2ccccc2)c(=O)c2ccccc12. The summed E-state index contributed by atoms with van der Waals surface area (Å²) in [6.07, 6.45) is 0. The number of hydrogen-bond donors (Lipinski definition) is 0. The molecule has 3 aromatic rings. The third-order valence-electron chi connectivity index (χ3n) is 3.05. The molecule has 0 aliphatic carbocycles. The summed E-state index contributed by atoms with van der Waals surface area (Å²) in [5, 5.41) is 5.69. The van der Waals surface area contributed by atoms with Crippen LogP contribution in [0.25, 0.3) is 16.5 Å². The monoisotopic (exact) mass is 266 g/mol. The van der Waals surface area contributed by atoms with E-state index < -0.39 is 0 Å². The maximum Gasteiger partial charge on any atom is 0.279 e. The predicted octanol–water partition coefficient (Wildman–Crippen LogP) is 2.78. The molecule has 20 heavy (non-hydrogen) atoms. The molecule has 0 saturated heterocycles. The van der Waals surface area contributed by atoms with Crippen molar-refractivity contribution in [2.75, 3.05) is 6.61 Å². The zero-order valence-electron chi connectivity index (χ0n) is 11.1. The Morgan fingerprint density at radius 1 is 1.00 bits per heavy atom. The van der Waals surface area contributed by atoms with Gasteiger partial charge in [-0.1, -0.05) is 30.3 Å². The minimum atomic E-state index is -0.143. The van der Waals surface area contributed by atoms with Crippen molar-refractivity contribution in [2.24, 2.45) is 0 Å². The molecule has 0 amide bonds. The molecule has 100 valence electrons. The summed E-state index contributed by atoms with van der Waals surface area (Å²) in [6.45, 7) is 2.40. The Hall–Kier alpha value is -2.62. The van der Waals surface area contributed by atoms with E-state index in [1.54, 1.807) is 6.07 Å². The number of fused-ring (bicyclic) bond motifs is 1. The minimum Gasteiger partial charge on any atom is -0.476 e. The molecule has 0 spiro atoms. The van der Waals surface area contributed by atoms with Gasteiger partial charge in [-0.25, -0.2) is 0 Å². The second kappa shape index (κ2) is 5.17. The van der Waals surface area contributed by atoms with Crippen LogP contribution in [-0.2, 0) is 0 Å². The van der Waals surface area contributed by atoms with E-state index in [9.17, 15) is 4.79 Å². The normalized spacial score (nSPS) is 10.7. The van der Waals surface area contributed by atoms with Gasteiger partial charge in [0.05, 0.1) is 23.1 Å². The van der Waals surface area contributed by atoms with Crippen LogP contribution in [0.3, 0.4) is 0 Å². The van der Waals surface area contributed by atoms with E-state index in [0.29, 0.717) is 17.9 Å². The molecule has 0 atom stereocenters. The molecule has 0 aliphatic heterocycles. The smallest absolute Gasteiger partial charge is 0.279 e. The number of aromatic nitrogens is 2. The van der Waals surface area contributed by atoms with Gasteiger partial charge in [-0.3, -0.25) is 4.79 Å². The first-order valence-electron chi connectivity index (χ1n) is 6.51. The Balaban J connectivity index is 2.34. The van der Waals surface area contributed by atoms with Gasteiger partial charge in [-0.2, -0.15) is 4.68 Å². The number of benzene rings is 2. The van der Waals surface area contributed by atoms with E-state index in [1.807, 2.05) is 55.5 Å². The maximum atomic E-state index is 12.5. The fourth-order valence-corrected chi connectivity index (χ4v) is 2.15. The molecule has 0 bridgehead atoms. The van der Waals surface area contributed by atoms with E-state index in [4.69, 9.17) is 4.74 Å². The molecule has 0 fully saturated rings. The van der Waals surface area contributed by atoms with Crippen molar-refractivity contribution in [3.63, 3.8) is 0 Å². The average molecular weight is 266 g/mol. The Labute approximate surface area is 116 Å². The van der Waals surface area contributed by atoms with Gasteiger partial charge in [0, 0.05) is 0 Å². The molecular formula is C16H14N2O2. The van der Waals surface area contributed by atoms with E-state index in [0.717, 1.165) is 11.1 Å². The molecule has 4 heteroatoms. The van der Waals surface area contributed by atoms with Gasteiger partial charge in [0.25, 0.3) is 5.56 Å². The molecule has 0 N–H and O–H groups in total. The van der Waals surface area contributed by atoms with Crippen LogP contribution < -0.4 is 10.3 Å². The average Bonchev–Trinajstić information content (AvgIpc) is 2.51. The van der Waals surface area contributed by atoms with Crippen LogP contribution in [0, 0.1) is 0 Å². The Morgan fingerprint density at radius 2 is 1.65 bits per heavy atom. The quantitative estimate of drug-likeness (QED) is 0.732. The summed E-state index contributed by atoms with van der Waals surface area (Å²) in [6, 6.07) is 16.7. The van der Waals surface area contributed by atoms with Crippen molar-refractivity contribution in [2.45, 2.75) is 6.92 Å². The first kappa shape index (κ1) is 12.4. The summed E-state index contributed by atoms with van der Waals surface area (Å²) in [7, 11) is 0. The first-order chi connectivity index (χ1) is 9.81. The molecule has 2 aromatic carbocycles. The summed E-state index contributed by atoms with van der Waals surface area (Å²) >= 11 is 0. The Morgan fingerprint density at radius 3 is 2.35 bits per heavy atom. The van der Waals surface area contributed by atoms with Crippen molar-refractivity contribution < 1.29 is 4.74 Å². The maximum absolute atomic E-state index is 12.5. The predicted molar refractivity (Wildman–Crippen MR) is 78.5 cm³/mol. The van der Waals surface area contributed by atoms with Crippen molar-refractivity contribution >= 4 is 10.8 Å². The Kier molecular flexibility index (Phi) is 3.21. The molecule has 0 aliphatic rings. The minimum absolute atomic E-state index is 0.143. The molecule has 3 rings (SSSR count). The van der Waals surface area contributed by atoms with Crippen molar-refractivity contribution in [3.05, 3.63) is 65.0 Å². The van der Waals surface area contributed by atoms with Gasteiger partial charge in [0.2, 0.25) is 5.88 Å². The summed E-state index contributed by atoms with van der Waals surface area (Å²) < 4.78 is 6.95. The number of ether oxygens (including phenoxy) is 1. The second-order valence-electron chi connectivity index (χ2n) is 4.34. The highest BCUT2D eigenvalue weighted by atomic mass is 16.5. The highest BCUT2D eigenvalue weighted by Crippen LogP contribution is 2.21. The summed E-state index contributed by atoms with van der Waals surface area (Å²) in [5.41, 5.74) is 0.583. The van der Waals surface area contributed by atoms with E-state index in [-0.39, 0.29) is 5.56 Å². The highest BCUT2D eigenvalue weighted by molar-refractivity contribution is 5.86. The standard InChI is InChI=1S/C16H14N2O2/c1-2-20-15-13-10-6-7-11-14(13)16(19)18(17-15)12-8-4-3-5-9-12/h3-11H,2H2,1H3. The van der Waals surface area contributed by atoms with E-state index >= 15 is 0 Å². The van der Waals surface area contributed by atoms with Gasteiger partial charge in [-0.05, 0) is 31.2 Å². The molecule has 0 radical (unpaired) electrons. The molecule has 1 heterocycles. The van der Waals surface area contributed by atoms with Crippen LogP contribution in [-0.4, -0.2) is 16.4 Å². The summed E-state index contributed by atoms with van der Waals surface area (Å²) in [5.74, 6) is 0.478. The lowest BCUT2D eigenvalue weighted by Crippen LogP contribution is -2.22. The molecular weight excluding hydrogens is 252 g/mol. The third kappa shape index (κ3) is 2.05. The van der Waals surface area contributed by atoms with Crippen molar-refractivity contribution in [3.8, 4) is 11.6 Å². The zero-order chi connectivity index (χ0) is 13.9. The van der Waals surface area contributed by atoms with Gasteiger partial charge >= 0.3 is 0 Å². The van der Waals surface area contributed by atoms with Gasteiger partial charge in [0.1, 0.15) is 0 Å². The Bertz CT molecular complexity index is 794. The van der Waals surface area contributed by atoms with Crippen LogP contribution in [0.15, 0.2) is 59.4 Å². The third-order valence-corrected chi connectivity index (χ3v) is 3.05. The topological polar surface area (TPSA) is 44.1 Å². The van der Waals surface area contributed by atoms with Crippen molar-refractivity contribution in [1.82, 2.24) is 9.78 Å². The number of para-hydroxylation sites is 1. The lowest BCUT2D eigenvalue weighted by Gasteiger charge is -2.10. The van der Waals surface area contributed by atoms with Crippen LogP contribution >= 0.6 is 0 Å². The lowest BCUT2D eigenvalue weighted by molar-refractivity contribution is 0.324. The van der Waals surface area contributed by atoms with Crippen molar-refractivity contribution in [1.29, 1.82) is 0 Å². The van der Waals surface area contributed by atoms with E-state index in [1.165, 1.54) is 4.68 Å². The van der Waals surface area contributed by atoms with Crippen LogP contribution in [0.4, 0.5) is 0 Å². The van der Waals surface area contributed by atoms with Crippen LogP contribution in [0.2, 0.25) is 0 Å². The number of rotatable bonds is 3.